The van der Waals surface area contributed by atoms with Gasteiger partial charge in [-0.25, -0.2) is 4.68 Å². The largest absolute Gasteiger partial charge is 0.435 e. The maximum Gasteiger partial charge on any atom is 0.435 e. The maximum atomic E-state index is 12.8. The van der Waals surface area contributed by atoms with Crippen molar-refractivity contribution < 1.29 is 13.2 Å². The van der Waals surface area contributed by atoms with Gasteiger partial charge in [-0.2, -0.15) is 18.3 Å². The van der Waals surface area contributed by atoms with Crippen molar-refractivity contribution in [3.63, 3.8) is 0 Å². The highest BCUT2D eigenvalue weighted by atomic mass is 19.4. The fourth-order valence-corrected chi connectivity index (χ4v) is 1.73. The molecule has 0 fully saturated rings. The summed E-state index contributed by atoms with van der Waals surface area (Å²) in [5.41, 5.74) is -0.330. The average Bonchev–Trinajstić information content (AvgIpc) is 2.74. The van der Waals surface area contributed by atoms with Gasteiger partial charge in [0.25, 0.3) is 0 Å². The number of hydrogen-bond donors (Lipinski definition) is 0. The minimum absolute atomic E-state index is 0.452. The fraction of sp³-hybridized carbons (Fsp3) is 0.385. The van der Waals surface area contributed by atoms with Crippen molar-refractivity contribution in [3.05, 3.63) is 42.0 Å². The number of alkyl halides is 3. The summed E-state index contributed by atoms with van der Waals surface area (Å²) in [6.07, 6.45) is -1.40. The molecule has 3 nitrogen and oxygen atoms in total. The molecule has 0 aliphatic heterocycles. The second kappa shape index (κ2) is 4.36. The van der Waals surface area contributed by atoms with E-state index in [1.54, 1.807) is 18.3 Å². The number of aromatic nitrogens is 3. The molecule has 0 spiro atoms. The minimum Gasteiger partial charge on any atom is -0.262 e. The van der Waals surface area contributed by atoms with Gasteiger partial charge in [-0.1, -0.05) is 20.8 Å². The molecule has 0 aliphatic rings. The van der Waals surface area contributed by atoms with Gasteiger partial charge >= 0.3 is 6.18 Å². The van der Waals surface area contributed by atoms with Crippen molar-refractivity contribution >= 4 is 0 Å². The van der Waals surface area contributed by atoms with Crippen LogP contribution in [0.4, 0.5) is 13.2 Å². The summed E-state index contributed by atoms with van der Waals surface area (Å²) < 4.78 is 39.7. The lowest BCUT2D eigenvalue weighted by Gasteiger charge is -2.19. The highest BCUT2D eigenvalue weighted by Crippen LogP contribution is 2.33. The highest BCUT2D eigenvalue weighted by molar-refractivity contribution is 5.33. The Labute approximate surface area is 109 Å². The lowest BCUT2D eigenvalue weighted by atomic mass is 9.91. The van der Waals surface area contributed by atoms with E-state index >= 15 is 0 Å². The van der Waals surface area contributed by atoms with Crippen LogP contribution in [-0.2, 0) is 11.6 Å². The molecule has 0 unspecified atom stereocenters. The smallest absolute Gasteiger partial charge is 0.262 e. The number of hydrogen-bond acceptors (Lipinski definition) is 2. The standard InChI is InChI=1S/C13H14F3N3/c1-12(2,3)11-7-10(13(14,15)16)18-19(11)9-5-4-6-17-8-9/h4-8H,1-3H3. The fourth-order valence-electron chi connectivity index (χ4n) is 1.73. The number of rotatable bonds is 1. The summed E-state index contributed by atoms with van der Waals surface area (Å²) in [5, 5.41) is 3.67. The maximum absolute atomic E-state index is 12.8. The Morgan fingerprint density at radius 1 is 1.16 bits per heavy atom. The quantitative estimate of drug-likeness (QED) is 0.792. The molecular weight excluding hydrogens is 255 g/mol. The molecule has 0 saturated carbocycles. The summed E-state index contributed by atoms with van der Waals surface area (Å²) in [4.78, 5) is 3.91. The zero-order valence-corrected chi connectivity index (χ0v) is 10.9. The summed E-state index contributed by atoms with van der Waals surface area (Å²) in [7, 11) is 0. The molecule has 2 aromatic heterocycles. The highest BCUT2D eigenvalue weighted by Gasteiger charge is 2.36. The Kier molecular flexibility index (Phi) is 3.12. The first-order chi connectivity index (χ1) is 8.69. The lowest BCUT2D eigenvalue weighted by molar-refractivity contribution is -0.141. The zero-order chi connectivity index (χ0) is 14.3. The molecule has 0 aromatic carbocycles. The molecule has 0 amide bonds. The van der Waals surface area contributed by atoms with Gasteiger partial charge in [-0.05, 0) is 18.2 Å². The Balaban J connectivity index is 2.63. The van der Waals surface area contributed by atoms with Crippen LogP contribution in [0.2, 0.25) is 0 Å². The van der Waals surface area contributed by atoms with Gasteiger partial charge in [0.15, 0.2) is 5.69 Å². The molecule has 6 heteroatoms. The van der Waals surface area contributed by atoms with E-state index in [2.05, 4.69) is 10.1 Å². The predicted octanol–water partition coefficient (Wildman–Crippen LogP) is 3.58. The molecule has 102 valence electrons. The monoisotopic (exact) mass is 269 g/mol. The molecule has 0 radical (unpaired) electrons. The molecule has 0 N–H and O–H groups in total. The van der Waals surface area contributed by atoms with Crippen molar-refractivity contribution in [1.29, 1.82) is 0 Å². The second-order valence-corrected chi connectivity index (χ2v) is 5.29. The van der Waals surface area contributed by atoms with Crippen LogP contribution < -0.4 is 0 Å². The topological polar surface area (TPSA) is 30.7 Å². The van der Waals surface area contributed by atoms with Gasteiger partial charge in [0.2, 0.25) is 0 Å². The summed E-state index contributed by atoms with van der Waals surface area (Å²) >= 11 is 0. The molecule has 2 aromatic rings. The van der Waals surface area contributed by atoms with E-state index in [-0.39, 0.29) is 0 Å². The lowest BCUT2D eigenvalue weighted by Crippen LogP contribution is -2.17. The van der Waals surface area contributed by atoms with E-state index in [4.69, 9.17) is 0 Å². The van der Waals surface area contributed by atoms with Crippen molar-refractivity contribution in [2.75, 3.05) is 0 Å². The molecular formula is C13H14F3N3. The summed E-state index contributed by atoms with van der Waals surface area (Å²) in [6, 6.07) is 4.43. The number of nitrogens with zero attached hydrogens (tertiary/aromatic N) is 3. The first-order valence-corrected chi connectivity index (χ1v) is 5.78. The third-order valence-corrected chi connectivity index (χ3v) is 2.66. The van der Waals surface area contributed by atoms with Gasteiger partial charge in [-0.15, -0.1) is 0 Å². The van der Waals surface area contributed by atoms with Crippen LogP contribution in [-0.4, -0.2) is 14.8 Å². The van der Waals surface area contributed by atoms with Gasteiger partial charge in [0, 0.05) is 11.6 Å². The van der Waals surface area contributed by atoms with E-state index in [1.807, 2.05) is 20.8 Å². The van der Waals surface area contributed by atoms with E-state index < -0.39 is 17.3 Å². The summed E-state index contributed by atoms with van der Waals surface area (Å²) in [5.74, 6) is 0. The summed E-state index contributed by atoms with van der Waals surface area (Å²) in [6.45, 7) is 5.53. The first-order valence-electron chi connectivity index (χ1n) is 5.78. The van der Waals surface area contributed by atoms with Crippen LogP contribution >= 0.6 is 0 Å². The van der Waals surface area contributed by atoms with Crippen molar-refractivity contribution in [2.45, 2.75) is 32.4 Å². The predicted molar refractivity (Wildman–Crippen MR) is 65.1 cm³/mol. The molecule has 0 aliphatic carbocycles. The average molecular weight is 269 g/mol. The Bertz CT molecular complexity index is 565. The van der Waals surface area contributed by atoms with Crippen LogP contribution in [0.25, 0.3) is 5.69 Å². The van der Waals surface area contributed by atoms with Crippen molar-refractivity contribution in [3.8, 4) is 5.69 Å². The number of halogens is 3. The SMILES string of the molecule is CC(C)(C)c1cc(C(F)(F)F)nn1-c1cccnc1. The third-order valence-electron chi connectivity index (χ3n) is 2.66. The normalized spacial score (nSPS) is 12.7. The second-order valence-electron chi connectivity index (χ2n) is 5.29. The minimum atomic E-state index is -4.45. The molecule has 0 saturated heterocycles. The Morgan fingerprint density at radius 2 is 1.84 bits per heavy atom. The van der Waals surface area contributed by atoms with Crippen LogP contribution in [0.3, 0.4) is 0 Å². The molecule has 2 rings (SSSR count). The number of pyridine rings is 1. The third kappa shape index (κ3) is 2.77. The van der Waals surface area contributed by atoms with Gasteiger partial charge in [0.1, 0.15) is 0 Å². The van der Waals surface area contributed by atoms with E-state index in [0.29, 0.717) is 11.4 Å². The van der Waals surface area contributed by atoms with Crippen LogP contribution in [0.15, 0.2) is 30.6 Å². The zero-order valence-electron chi connectivity index (χ0n) is 10.9. The van der Waals surface area contributed by atoms with Gasteiger partial charge < -0.3 is 0 Å². The first kappa shape index (κ1) is 13.6. The van der Waals surface area contributed by atoms with Crippen molar-refractivity contribution in [2.24, 2.45) is 0 Å². The molecule has 2 heterocycles. The van der Waals surface area contributed by atoms with E-state index in [9.17, 15) is 13.2 Å². The van der Waals surface area contributed by atoms with Crippen LogP contribution in [0.1, 0.15) is 32.2 Å². The van der Waals surface area contributed by atoms with Crippen molar-refractivity contribution in [1.82, 2.24) is 14.8 Å². The van der Waals surface area contributed by atoms with Crippen LogP contribution in [0, 0.1) is 0 Å². The van der Waals surface area contributed by atoms with Gasteiger partial charge in [0.05, 0.1) is 17.6 Å². The van der Waals surface area contributed by atoms with E-state index in [1.165, 1.54) is 10.9 Å². The van der Waals surface area contributed by atoms with Crippen LogP contribution in [0.5, 0.6) is 0 Å². The van der Waals surface area contributed by atoms with Gasteiger partial charge in [-0.3, -0.25) is 4.98 Å². The molecule has 0 bridgehead atoms. The van der Waals surface area contributed by atoms with E-state index in [0.717, 1.165) is 6.07 Å². The Morgan fingerprint density at radius 3 is 2.32 bits per heavy atom. The molecule has 19 heavy (non-hydrogen) atoms. The Hall–Kier alpha value is -1.85. The molecule has 0 atom stereocenters.